The van der Waals surface area contributed by atoms with Gasteiger partial charge in [0.05, 0.1) is 13.2 Å². The van der Waals surface area contributed by atoms with Crippen molar-refractivity contribution in [3.05, 3.63) is 24.0 Å². The van der Waals surface area contributed by atoms with Crippen LogP contribution in [0.15, 0.2) is 18.2 Å². The molecule has 0 saturated heterocycles. The van der Waals surface area contributed by atoms with Gasteiger partial charge in [-0.1, -0.05) is 20.3 Å². The molecule has 0 aromatic heterocycles. The second-order valence-electron chi connectivity index (χ2n) is 4.25. The highest BCUT2D eigenvalue weighted by atomic mass is 19.1. The molecular weight excluding hydrogens is 235 g/mol. The molecule has 0 heterocycles. The molecule has 2 atom stereocenters. The number of amides is 1. The summed E-state index contributed by atoms with van der Waals surface area (Å²) >= 11 is 0. The van der Waals surface area contributed by atoms with E-state index in [0.717, 1.165) is 6.42 Å². The van der Waals surface area contributed by atoms with Gasteiger partial charge in [0.2, 0.25) is 5.91 Å². The van der Waals surface area contributed by atoms with Crippen LogP contribution in [-0.4, -0.2) is 19.1 Å². The quantitative estimate of drug-likeness (QED) is 0.846. The first-order valence-electron chi connectivity index (χ1n) is 5.89. The Morgan fingerprint density at radius 2 is 2.22 bits per heavy atom. The first-order chi connectivity index (χ1) is 8.49. The number of nitrogens with two attached hydrogens (primary N) is 1. The molecule has 0 aliphatic rings. The van der Waals surface area contributed by atoms with E-state index in [-0.39, 0.29) is 17.6 Å². The summed E-state index contributed by atoms with van der Waals surface area (Å²) in [6, 6.07) is 3.64. The Morgan fingerprint density at radius 3 is 2.72 bits per heavy atom. The van der Waals surface area contributed by atoms with Gasteiger partial charge in [0.25, 0.3) is 0 Å². The first kappa shape index (κ1) is 14.4. The van der Waals surface area contributed by atoms with Gasteiger partial charge in [0.15, 0.2) is 11.6 Å². The molecule has 1 unspecified atom stereocenters. The first-order valence-corrected chi connectivity index (χ1v) is 5.89. The highest BCUT2D eigenvalue weighted by Crippen LogP contribution is 2.21. The average Bonchev–Trinajstić information content (AvgIpc) is 2.37. The predicted molar refractivity (Wildman–Crippen MR) is 69.0 cm³/mol. The van der Waals surface area contributed by atoms with E-state index in [0.29, 0.717) is 5.69 Å². The highest BCUT2D eigenvalue weighted by molar-refractivity contribution is 5.94. The molecule has 0 spiro atoms. The Hall–Kier alpha value is -1.62. The Kier molecular flexibility index (Phi) is 5.09. The molecule has 100 valence electrons. The molecule has 4 nitrogen and oxygen atoms in total. The third kappa shape index (κ3) is 3.43. The third-order valence-electron chi connectivity index (χ3n) is 2.98. The van der Waals surface area contributed by atoms with Crippen LogP contribution in [0.5, 0.6) is 5.75 Å². The Labute approximate surface area is 106 Å². The summed E-state index contributed by atoms with van der Waals surface area (Å²) in [7, 11) is 1.38. The number of carbonyl (C=O) groups excluding carboxylic acids is 1. The number of hydrogen-bond acceptors (Lipinski definition) is 3. The molecule has 0 saturated carbocycles. The highest BCUT2D eigenvalue weighted by Gasteiger charge is 2.19. The number of ether oxygens (including phenoxy) is 1. The Bertz CT molecular complexity index is 423. The number of halogens is 1. The maximum atomic E-state index is 13.4. The lowest BCUT2D eigenvalue weighted by molar-refractivity contribution is -0.118. The maximum Gasteiger partial charge on any atom is 0.241 e. The minimum Gasteiger partial charge on any atom is -0.494 e. The fourth-order valence-corrected chi connectivity index (χ4v) is 1.48. The number of benzene rings is 1. The van der Waals surface area contributed by atoms with Crippen LogP contribution in [0.3, 0.4) is 0 Å². The van der Waals surface area contributed by atoms with Crippen LogP contribution >= 0.6 is 0 Å². The predicted octanol–water partition coefficient (Wildman–Crippen LogP) is 2.15. The van der Waals surface area contributed by atoms with Crippen molar-refractivity contribution in [2.45, 2.75) is 26.3 Å². The summed E-state index contributed by atoms with van der Waals surface area (Å²) in [5.74, 6) is -0.617. The smallest absolute Gasteiger partial charge is 0.241 e. The van der Waals surface area contributed by atoms with Crippen LogP contribution in [0.25, 0.3) is 0 Å². The second-order valence-corrected chi connectivity index (χ2v) is 4.25. The second kappa shape index (κ2) is 6.35. The minimum absolute atomic E-state index is 0.0769. The van der Waals surface area contributed by atoms with E-state index < -0.39 is 11.9 Å². The van der Waals surface area contributed by atoms with Gasteiger partial charge in [-0.05, 0) is 18.1 Å². The summed E-state index contributed by atoms with van der Waals surface area (Å²) in [4.78, 5) is 11.8. The fraction of sp³-hybridized carbons (Fsp3) is 0.462. The molecule has 5 heteroatoms. The zero-order valence-electron chi connectivity index (χ0n) is 10.9. The SMILES string of the molecule is CCC(C)[C@H](N)C(=O)Nc1ccc(OC)c(F)c1. The van der Waals surface area contributed by atoms with Gasteiger partial charge in [0, 0.05) is 11.8 Å². The van der Waals surface area contributed by atoms with Gasteiger partial charge in [-0.2, -0.15) is 0 Å². The largest absolute Gasteiger partial charge is 0.494 e. The lowest BCUT2D eigenvalue weighted by Gasteiger charge is -2.17. The topological polar surface area (TPSA) is 64.4 Å². The van der Waals surface area contributed by atoms with Crippen molar-refractivity contribution in [1.82, 2.24) is 0 Å². The standard InChI is InChI=1S/C13H19FN2O2/c1-4-8(2)12(15)13(17)16-9-5-6-11(18-3)10(14)7-9/h5-8,12H,4,15H2,1-3H3,(H,16,17)/t8?,12-/m0/s1. The summed E-state index contributed by atoms with van der Waals surface area (Å²) < 4.78 is 18.2. The summed E-state index contributed by atoms with van der Waals surface area (Å²) in [6.45, 7) is 3.86. The summed E-state index contributed by atoms with van der Waals surface area (Å²) in [5.41, 5.74) is 6.16. The van der Waals surface area contributed by atoms with Gasteiger partial charge in [-0.3, -0.25) is 4.79 Å². The van der Waals surface area contributed by atoms with E-state index in [1.807, 2.05) is 13.8 Å². The minimum atomic E-state index is -0.597. The van der Waals surface area contributed by atoms with Crippen molar-refractivity contribution in [3.8, 4) is 5.75 Å². The summed E-state index contributed by atoms with van der Waals surface area (Å²) in [5, 5.41) is 2.59. The average molecular weight is 254 g/mol. The third-order valence-corrected chi connectivity index (χ3v) is 2.98. The lowest BCUT2D eigenvalue weighted by atomic mass is 9.99. The van der Waals surface area contributed by atoms with E-state index in [2.05, 4.69) is 5.32 Å². The number of anilines is 1. The molecular formula is C13H19FN2O2. The maximum absolute atomic E-state index is 13.4. The molecule has 0 radical (unpaired) electrons. The van der Waals surface area contributed by atoms with E-state index in [9.17, 15) is 9.18 Å². The van der Waals surface area contributed by atoms with Crippen LogP contribution in [0.4, 0.5) is 10.1 Å². The number of rotatable bonds is 5. The number of nitrogens with one attached hydrogen (secondary N) is 1. The van der Waals surface area contributed by atoms with E-state index >= 15 is 0 Å². The van der Waals surface area contributed by atoms with Crippen molar-refractivity contribution in [1.29, 1.82) is 0 Å². The number of hydrogen-bond donors (Lipinski definition) is 2. The van der Waals surface area contributed by atoms with Crippen molar-refractivity contribution in [2.75, 3.05) is 12.4 Å². The fourth-order valence-electron chi connectivity index (χ4n) is 1.48. The van der Waals surface area contributed by atoms with Crippen molar-refractivity contribution < 1.29 is 13.9 Å². The van der Waals surface area contributed by atoms with Crippen LogP contribution in [0, 0.1) is 11.7 Å². The van der Waals surface area contributed by atoms with Gasteiger partial charge < -0.3 is 15.8 Å². The molecule has 1 aromatic rings. The Balaban J connectivity index is 2.73. The van der Waals surface area contributed by atoms with Gasteiger partial charge in [-0.25, -0.2) is 4.39 Å². The van der Waals surface area contributed by atoms with Gasteiger partial charge >= 0.3 is 0 Å². The molecule has 3 N–H and O–H groups in total. The van der Waals surface area contributed by atoms with Gasteiger partial charge in [0.1, 0.15) is 0 Å². The molecule has 1 rings (SSSR count). The number of carbonyl (C=O) groups is 1. The normalized spacial score (nSPS) is 13.8. The lowest BCUT2D eigenvalue weighted by Crippen LogP contribution is -2.40. The van der Waals surface area contributed by atoms with E-state index in [4.69, 9.17) is 10.5 Å². The molecule has 0 fully saturated rings. The molecule has 0 bridgehead atoms. The zero-order valence-corrected chi connectivity index (χ0v) is 10.9. The van der Waals surface area contributed by atoms with Crippen LogP contribution in [0.1, 0.15) is 20.3 Å². The number of methoxy groups -OCH3 is 1. The molecule has 0 aliphatic carbocycles. The molecule has 1 aromatic carbocycles. The molecule has 1 amide bonds. The van der Waals surface area contributed by atoms with Crippen molar-refractivity contribution in [2.24, 2.45) is 11.7 Å². The molecule has 18 heavy (non-hydrogen) atoms. The Morgan fingerprint density at radius 1 is 1.56 bits per heavy atom. The zero-order chi connectivity index (χ0) is 13.7. The van der Waals surface area contributed by atoms with Gasteiger partial charge in [-0.15, -0.1) is 0 Å². The van der Waals surface area contributed by atoms with Crippen molar-refractivity contribution >= 4 is 11.6 Å². The van der Waals surface area contributed by atoms with E-state index in [1.54, 1.807) is 6.07 Å². The monoisotopic (exact) mass is 254 g/mol. The van der Waals surface area contributed by atoms with Crippen LogP contribution in [-0.2, 0) is 4.79 Å². The summed E-state index contributed by atoms with van der Waals surface area (Å²) in [6.07, 6.45) is 0.811. The van der Waals surface area contributed by atoms with Crippen LogP contribution in [0.2, 0.25) is 0 Å². The van der Waals surface area contributed by atoms with Crippen LogP contribution < -0.4 is 15.8 Å². The van der Waals surface area contributed by atoms with E-state index in [1.165, 1.54) is 19.2 Å². The van der Waals surface area contributed by atoms with Crippen molar-refractivity contribution in [3.63, 3.8) is 0 Å². The molecule has 0 aliphatic heterocycles.